The van der Waals surface area contributed by atoms with Crippen LogP contribution < -0.4 is 5.32 Å². The molecule has 0 radical (unpaired) electrons. The number of benzene rings is 2. The van der Waals surface area contributed by atoms with Crippen LogP contribution in [0.3, 0.4) is 0 Å². The zero-order valence-electron chi connectivity index (χ0n) is 15.6. The van der Waals surface area contributed by atoms with E-state index < -0.39 is 18.0 Å². The van der Waals surface area contributed by atoms with Gasteiger partial charge < -0.3 is 20.1 Å². The zero-order chi connectivity index (χ0) is 20.1. The molecule has 1 heterocycles. The van der Waals surface area contributed by atoms with E-state index in [2.05, 4.69) is 5.32 Å². The lowest BCUT2D eigenvalue weighted by Gasteiger charge is -2.24. The fraction of sp³-hybridized carbons (Fsp3) is 0.286. The maximum absolute atomic E-state index is 13.0. The number of hydrogen-bond donors (Lipinski definition) is 2. The lowest BCUT2D eigenvalue weighted by molar-refractivity contribution is -0.144. The Kier molecular flexibility index (Phi) is 5.93. The maximum atomic E-state index is 13.0. The standard InChI is InChI=1S/C21H22N2O5/c1-28-19(24)12-18-20(25)23(10-9-14-5-3-2-4-6-14)13-16-8-7-15(21(26)27)11-17(16)22-18/h2-8,11,18,22H,9-10,12-13H2,1H3,(H,26,27). The lowest BCUT2D eigenvalue weighted by atomic mass is 10.1. The number of carbonyl (C=O) groups excluding carboxylic acids is 2. The molecule has 1 aliphatic rings. The Bertz CT molecular complexity index is 882. The van der Waals surface area contributed by atoms with E-state index in [0.717, 1.165) is 11.1 Å². The van der Waals surface area contributed by atoms with Crippen LogP contribution in [0.2, 0.25) is 0 Å². The van der Waals surface area contributed by atoms with Crippen molar-refractivity contribution in [3.8, 4) is 0 Å². The summed E-state index contributed by atoms with van der Waals surface area (Å²) in [4.78, 5) is 37.8. The van der Waals surface area contributed by atoms with Gasteiger partial charge in [0, 0.05) is 18.8 Å². The highest BCUT2D eigenvalue weighted by molar-refractivity contribution is 5.92. The Labute approximate surface area is 162 Å². The van der Waals surface area contributed by atoms with Gasteiger partial charge in [0.15, 0.2) is 0 Å². The number of amides is 1. The molecule has 7 nitrogen and oxygen atoms in total. The number of anilines is 1. The quantitative estimate of drug-likeness (QED) is 0.745. The van der Waals surface area contributed by atoms with Crippen molar-refractivity contribution >= 4 is 23.5 Å². The summed E-state index contributed by atoms with van der Waals surface area (Å²) < 4.78 is 4.71. The third-order valence-corrected chi connectivity index (χ3v) is 4.77. The van der Waals surface area contributed by atoms with Gasteiger partial charge in [0.2, 0.25) is 5.91 Å². The van der Waals surface area contributed by atoms with E-state index in [1.165, 1.54) is 19.2 Å². The first-order valence-corrected chi connectivity index (χ1v) is 9.00. The molecular weight excluding hydrogens is 360 g/mol. The normalized spacial score (nSPS) is 16.0. The molecule has 2 aromatic carbocycles. The number of aromatic carboxylic acids is 1. The van der Waals surface area contributed by atoms with Gasteiger partial charge in [-0.2, -0.15) is 0 Å². The predicted octanol–water partition coefficient (Wildman–Crippen LogP) is 2.31. The minimum atomic E-state index is -1.05. The molecule has 2 aromatic rings. The average molecular weight is 382 g/mol. The van der Waals surface area contributed by atoms with Gasteiger partial charge in [0.05, 0.1) is 19.1 Å². The number of rotatable bonds is 6. The van der Waals surface area contributed by atoms with Gasteiger partial charge in [0.25, 0.3) is 0 Å². The first-order chi connectivity index (χ1) is 13.5. The third kappa shape index (κ3) is 4.49. The van der Waals surface area contributed by atoms with Crippen molar-refractivity contribution in [1.82, 2.24) is 4.90 Å². The number of carbonyl (C=O) groups is 3. The molecule has 146 valence electrons. The SMILES string of the molecule is COC(=O)CC1Nc2cc(C(=O)O)ccc2CN(CCc2ccccc2)C1=O. The smallest absolute Gasteiger partial charge is 0.335 e. The molecule has 28 heavy (non-hydrogen) atoms. The number of carboxylic acid groups (broad SMARTS) is 1. The van der Waals surface area contributed by atoms with Gasteiger partial charge in [0.1, 0.15) is 6.04 Å². The van der Waals surface area contributed by atoms with Gasteiger partial charge in [-0.25, -0.2) is 4.79 Å². The molecule has 3 rings (SSSR count). The lowest BCUT2D eigenvalue weighted by Crippen LogP contribution is -2.42. The molecule has 0 spiro atoms. The van der Waals surface area contributed by atoms with Crippen LogP contribution in [0.1, 0.15) is 27.9 Å². The summed E-state index contributed by atoms with van der Waals surface area (Å²) in [7, 11) is 1.27. The van der Waals surface area contributed by atoms with Crippen LogP contribution in [0.15, 0.2) is 48.5 Å². The van der Waals surface area contributed by atoms with Gasteiger partial charge in [-0.1, -0.05) is 36.4 Å². The van der Waals surface area contributed by atoms with E-state index in [1.807, 2.05) is 30.3 Å². The topological polar surface area (TPSA) is 95.9 Å². The summed E-state index contributed by atoms with van der Waals surface area (Å²) in [6, 6.07) is 13.7. The van der Waals surface area contributed by atoms with E-state index in [-0.39, 0.29) is 17.9 Å². The van der Waals surface area contributed by atoms with Crippen LogP contribution in [-0.2, 0) is 27.3 Å². The fourth-order valence-corrected chi connectivity index (χ4v) is 3.22. The highest BCUT2D eigenvalue weighted by atomic mass is 16.5. The van der Waals surface area contributed by atoms with E-state index in [9.17, 15) is 19.5 Å². The van der Waals surface area contributed by atoms with Crippen LogP contribution >= 0.6 is 0 Å². The maximum Gasteiger partial charge on any atom is 0.335 e. The molecule has 1 amide bonds. The summed E-state index contributed by atoms with van der Waals surface area (Å²) in [5, 5.41) is 12.3. The predicted molar refractivity (Wildman–Crippen MR) is 103 cm³/mol. The van der Waals surface area contributed by atoms with Crippen LogP contribution in [0.25, 0.3) is 0 Å². The molecule has 0 aliphatic carbocycles. The molecular formula is C21H22N2O5. The number of esters is 1. The monoisotopic (exact) mass is 382 g/mol. The van der Waals surface area contributed by atoms with Crippen molar-refractivity contribution in [2.45, 2.75) is 25.4 Å². The van der Waals surface area contributed by atoms with Crippen molar-refractivity contribution in [2.24, 2.45) is 0 Å². The van der Waals surface area contributed by atoms with Crippen LogP contribution in [0.4, 0.5) is 5.69 Å². The second-order valence-corrected chi connectivity index (χ2v) is 6.65. The highest BCUT2D eigenvalue weighted by Crippen LogP contribution is 2.26. The summed E-state index contributed by atoms with van der Waals surface area (Å²) in [5.41, 5.74) is 2.58. The van der Waals surface area contributed by atoms with E-state index in [4.69, 9.17) is 4.74 Å². The molecule has 2 N–H and O–H groups in total. The minimum Gasteiger partial charge on any atom is -0.478 e. The van der Waals surface area contributed by atoms with Gasteiger partial charge >= 0.3 is 11.9 Å². The highest BCUT2D eigenvalue weighted by Gasteiger charge is 2.31. The average Bonchev–Trinajstić information content (AvgIpc) is 2.83. The summed E-state index contributed by atoms with van der Waals surface area (Å²) >= 11 is 0. The summed E-state index contributed by atoms with van der Waals surface area (Å²) in [6.07, 6.45) is 0.550. The second kappa shape index (κ2) is 8.56. The van der Waals surface area contributed by atoms with Crippen molar-refractivity contribution < 1.29 is 24.2 Å². The minimum absolute atomic E-state index is 0.119. The number of nitrogens with one attached hydrogen (secondary N) is 1. The van der Waals surface area contributed by atoms with E-state index in [1.54, 1.807) is 11.0 Å². The molecule has 0 bridgehead atoms. The van der Waals surface area contributed by atoms with Crippen molar-refractivity contribution in [2.75, 3.05) is 19.0 Å². The van der Waals surface area contributed by atoms with Crippen molar-refractivity contribution in [3.05, 3.63) is 65.2 Å². The van der Waals surface area contributed by atoms with Crippen LogP contribution in [0, 0.1) is 0 Å². The second-order valence-electron chi connectivity index (χ2n) is 6.65. The fourth-order valence-electron chi connectivity index (χ4n) is 3.22. The summed E-state index contributed by atoms with van der Waals surface area (Å²) in [5.74, 6) is -1.77. The number of methoxy groups -OCH3 is 1. The molecule has 1 aliphatic heterocycles. The Morgan fingerprint density at radius 2 is 1.96 bits per heavy atom. The first kappa shape index (κ1) is 19.4. The van der Waals surface area contributed by atoms with Crippen molar-refractivity contribution in [3.63, 3.8) is 0 Å². The molecule has 1 unspecified atom stereocenters. The molecule has 1 atom stereocenters. The number of fused-ring (bicyclic) bond motifs is 1. The molecule has 0 saturated carbocycles. The third-order valence-electron chi connectivity index (χ3n) is 4.77. The van der Waals surface area contributed by atoms with Gasteiger partial charge in [-0.3, -0.25) is 9.59 Å². The Balaban J connectivity index is 1.87. The molecule has 0 aromatic heterocycles. The van der Waals surface area contributed by atoms with E-state index in [0.29, 0.717) is 25.2 Å². The summed E-state index contributed by atoms with van der Waals surface area (Å²) in [6.45, 7) is 0.827. The number of carboxylic acids is 1. The molecule has 7 heteroatoms. The Morgan fingerprint density at radius 1 is 1.21 bits per heavy atom. The zero-order valence-corrected chi connectivity index (χ0v) is 15.6. The number of ether oxygens (including phenoxy) is 1. The Hall–Kier alpha value is -3.35. The first-order valence-electron chi connectivity index (χ1n) is 9.00. The number of nitrogens with zero attached hydrogens (tertiary/aromatic N) is 1. The van der Waals surface area contributed by atoms with Crippen LogP contribution in [0.5, 0.6) is 0 Å². The van der Waals surface area contributed by atoms with Gasteiger partial charge in [-0.05, 0) is 29.7 Å². The molecule has 0 fully saturated rings. The van der Waals surface area contributed by atoms with Crippen LogP contribution in [-0.4, -0.2) is 47.5 Å². The van der Waals surface area contributed by atoms with E-state index >= 15 is 0 Å². The Morgan fingerprint density at radius 3 is 2.64 bits per heavy atom. The van der Waals surface area contributed by atoms with Crippen molar-refractivity contribution in [1.29, 1.82) is 0 Å². The van der Waals surface area contributed by atoms with Gasteiger partial charge in [-0.15, -0.1) is 0 Å². The molecule has 0 saturated heterocycles. The number of hydrogen-bond acceptors (Lipinski definition) is 5. The largest absolute Gasteiger partial charge is 0.478 e.